The summed E-state index contributed by atoms with van der Waals surface area (Å²) in [6.07, 6.45) is 0. The second kappa shape index (κ2) is 13.6. The van der Waals surface area contributed by atoms with Crippen LogP contribution in [0.2, 0.25) is 0 Å². The number of hydrogen-bond donors (Lipinski definition) is 6. The van der Waals surface area contributed by atoms with Crippen molar-refractivity contribution < 1.29 is 44.2 Å². The van der Waals surface area contributed by atoms with Gasteiger partial charge in [0.2, 0.25) is 10.8 Å². The number of amides is 6. The lowest BCUT2D eigenvalue weighted by atomic mass is 9.95. The zero-order valence-corrected chi connectivity index (χ0v) is 26.2. The minimum Gasteiger partial charge on any atom is -0.477 e. The van der Waals surface area contributed by atoms with Crippen LogP contribution < -0.4 is 16.1 Å². The van der Waals surface area contributed by atoms with E-state index in [-0.39, 0.29) is 55.7 Å². The number of hydroxylamine groups is 1. The van der Waals surface area contributed by atoms with Gasteiger partial charge >= 0.3 is 23.8 Å². The number of nitrogens with one attached hydrogen (secondary N) is 3. The molecule has 5 heterocycles. The van der Waals surface area contributed by atoms with Gasteiger partial charge in [-0.15, -0.1) is 22.0 Å². The highest BCUT2D eigenvalue weighted by Crippen LogP contribution is 2.45. The first-order valence-electron chi connectivity index (χ1n) is 13.4. The molecule has 6 amide bonds. The van der Waals surface area contributed by atoms with Gasteiger partial charge in [0.1, 0.15) is 16.8 Å². The first-order chi connectivity index (χ1) is 22.1. The van der Waals surface area contributed by atoms with Gasteiger partial charge in [-0.3, -0.25) is 29.0 Å². The first-order valence-corrected chi connectivity index (χ1v) is 16.3. The second-order valence-corrected chi connectivity index (χ2v) is 12.4. The third-order valence-corrected chi connectivity index (χ3v) is 10.1. The number of thioether (sulfide) groups is 2. The Balaban J connectivity index is 1.34. The van der Waals surface area contributed by atoms with Crippen molar-refractivity contribution in [3.63, 3.8) is 0 Å². The van der Waals surface area contributed by atoms with Crippen LogP contribution in [-0.4, -0.2) is 144 Å². The van der Waals surface area contributed by atoms with Crippen LogP contribution >= 0.6 is 35.1 Å². The molecule has 3 atom stereocenters. The Bertz CT molecular complexity index is 1590. The van der Waals surface area contributed by atoms with Crippen LogP contribution in [0.25, 0.3) is 0 Å². The molecule has 3 aliphatic heterocycles. The van der Waals surface area contributed by atoms with Gasteiger partial charge in [0.05, 0.1) is 13.2 Å². The number of tetrazole rings is 1. The second-order valence-electron chi connectivity index (χ2n) is 9.76. The molecule has 46 heavy (non-hydrogen) atoms. The lowest BCUT2D eigenvalue weighted by molar-refractivity contribution is -0.171. The summed E-state index contributed by atoms with van der Waals surface area (Å²) in [6.45, 7) is 1.79. The molecule has 0 aromatic carbocycles. The number of aliphatic hydroxyl groups is 1. The first kappa shape index (κ1) is 33.1. The average molecular weight is 699 g/mol. The molecule has 0 bridgehead atoms. The smallest absolute Gasteiger partial charge is 0.352 e. The molecule has 6 N–H and O–H groups in total. The number of aliphatic hydroxyl groups excluding tert-OH is 1. The van der Waals surface area contributed by atoms with Crippen molar-refractivity contribution in [2.24, 2.45) is 0 Å². The SMILES string of the molecule is CCN1CCN(C(=O)NC(C(=O)N[C@]2(NO)C(=O)N3C(C(=O)O)=C(CSc4nnnn4CCO)CS[C@@H]32)c2csnn2)C(=O)C1=O. The van der Waals surface area contributed by atoms with Gasteiger partial charge in [-0.25, -0.2) is 14.3 Å². The van der Waals surface area contributed by atoms with Crippen LogP contribution in [0.4, 0.5) is 4.79 Å². The maximum atomic E-state index is 13.6. The third kappa shape index (κ3) is 5.89. The van der Waals surface area contributed by atoms with Gasteiger partial charge in [0.15, 0.2) is 6.04 Å². The number of carbonyl (C=O) groups is 6. The standard InChI is InChI=1S/C22H26N12O9S3/c1-2-31-3-4-32(16(38)15(31)37)20(42)23-12(11-9-46-30-25-11)14(36)24-22(27-43)18(41)34-13(17(39)40)10(7-44-19(22)34)8-45-21-26-28-29-33(21)5-6-35/h9,12,19,27,35,43H,2-8H2,1H3,(H,23,42)(H,24,36)(H,39,40)/t12?,19-,22+/m1/s1. The van der Waals surface area contributed by atoms with Gasteiger partial charge in [0.25, 0.3) is 11.8 Å². The maximum Gasteiger partial charge on any atom is 0.352 e. The number of fused-ring (bicyclic) bond motifs is 1. The number of hydrogen-bond acceptors (Lipinski definition) is 17. The lowest BCUT2D eigenvalue weighted by Gasteiger charge is -2.56. The van der Waals surface area contributed by atoms with Crippen LogP contribution in [0, 0.1) is 0 Å². The molecule has 2 aromatic rings. The zero-order valence-electron chi connectivity index (χ0n) is 23.7. The molecule has 5 rings (SSSR count). The molecule has 0 saturated carbocycles. The normalized spacial score (nSPS) is 22.0. The molecule has 3 aliphatic rings. The highest BCUT2D eigenvalue weighted by Gasteiger charge is 2.66. The van der Waals surface area contributed by atoms with Crippen LogP contribution in [0.1, 0.15) is 18.7 Å². The third-order valence-electron chi connectivity index (χ3n) is 7.18. The quantitative estimate of drug-likeness (QED) is 0.0418. The average Bonchev–Trinajstić information content (AvgIpc) is 3.74. The molecule has 1 unspecified atom stereocenters. The fourth-order valence-electron chi connectivity index (χ4n) is 4.87. The summed E-state index contributed by atoms with van der Waals surface area (Å²) in [4.78, 5) is 80.3. The molecule has 0 aliphatic carbocycles. The van der Waals surface area contributed by atoms with E-state index in [0.29, 0.717) is 15.6 Å². The van der Waals surface area contributed by atoms with E-state index in [2.05, 4.69) is 35.7 Å². The van der Waals surface area contributed by atoms with Crippen molar-refractivity contribution in [1.82, 2.24) is 60.6 Å². The van der Waals surface area contributed by atoms with Crippen molar-refractivity contribution in [2.45, 2.75) is 35.7 Å². The van der Waals surface area contributed by atoms with Gasteiger partial charge in [-0.2, -0.15) is 5.48 Å². The van der Waals surface area contributed by atoms with Crippen LogP contribution in [-0.2, 0) is 30.5 Å². The van der Waals surface area contributed by atoms with E-state index in [1.165, 1.54) is 15.0 Å². The van der Waals surface area contributed by atoms with E-state index in [4.69, 9.17) is 0 Å². The number of imide groups is 1. The van der Waals surface area contributed by atoms with E-state index < -0.39 is 52.7 Å². The molecule has 24 heteroatoms. The number of β-lactam (4-membered cyclic amide) rings is 1. The molecule has 2 aromatic heterocycles. The Morgan fingerprint density at radius 1 is 1.20 bits per heavy atom. The monoisotopic (exact) mass is 698 g/mol. The summed E-state index contributed by atoms with van der Waals surface area (Å²) in [5.41, 5.74) is -0.488. The molecule has 2 fully saturated rings. The minimum absolute atomic E-state index is 0.0659. The highest BCUT2D eigenvalue weighted by molar-refractivity contribution is 8.01. The number of piperazine rings is 1. The summed E-state index contributed by atoms with van der Waals surface area (Å²) in [5.74, 6) is -5.33. The summed E-state index contributed by atoms with van der Waals surface area (Å²) in [7, 11) is 0. The van der Waals surface area contributed by atoms with Crippen molar-refractivity contribution in [3.8, 4) is 0 Å². The minimum atomic E-state index is -2.21. The largest absolute Gasteiger partial charge is 0.477 e. The number of carboxylic acids is 1. The Labute approximate surface area is 270 Å². The zero-order chi connectivity index (χ0) is 33.2. The maximum absolute atomic E-state index is 13.6. The molecular weight excluding hydrogens is 673 g/mol. The van der Waals surface area contributed by atoms with Crippen molar-refractivity contribution in [1.29, 1.82) is 0 Å². The van der Waals surface area contributed by atoms with E-state index in [1.54, 1.807) is 12.4 Å². The molecule has 0 spiro atoms. The molecular formula is C22H26N12O9S3. The predicted molar refractivity (Wildman–Crippen MR) is 154 cm³/mol. The van der Waals surface area contributed by atoms with E-state index in [9.17, 15) is 44.2 Å². The van der Waals surface area contributed by atoms with Crippen LogP contribution in [0.15, 0.2) is 21.8 Å². The van der Waals surface area contributed by atoms with Gasteiger partial charge in [0, 0.05) is 36.5 Å². The predicted octanol–water partition coefficient (Wildman–Crippen LogP) is -3.20. The molecule has 246 valence electrons. The Morgan fingerprint density at radius 2 is 1.98 bits per heavy atom. The molecule has 0 radical (unpaired) electrons. The number of aliphatic carboxylic acids is 1. The Kier molecular flexibility index (Phi) is 9.82. The van der Waals surface area contributed by atoms with Crippen LogP contribution in [0.5, 0.6) is 0 Å². The number of aromatic nitrogens is 6. The van der Waals surface area contributed by atoms with Gasteiger partial charge in [-0.05, 0) is 34.5 Å². The van der Waals surface area contributed by atoms with Crippen molar-refractivity contribution in [3.05, 3.63) is 22.3 Å². The van der Waals surface area contributed by atoms with E-state index >= 15 is 0 Å². The lowest BCUT2D eigenvalue weighted by Crippen LogP contribution is -2.85. The highest BCUT2D eigenvalue weighted by atomic mass is 32.2. The summed E-state index contributed by atoms with van der Waals surface area (Å²) < 4.78 is 5.02. The fraction of sp³-hybridized carbons (Fsp3) is 0.500. The van der Waals surface area contributed by atoms with E-state index in [1.807, 2.05) is 0 Å². The number of likely N-dealkylation sites (N-methyl/N-ethyl adjacent to an activating group) is 1. The van der Waals surface area contributed by atoms with Gasteiger partial charge in [-0.1, -0.05) is 16.3 Å². The topological polar surface area (TPSA) is 278 Å². The number of nitrogens with zero attached hydrogens (tertiary/aromatic N) is 9. The number of carboxylic acid groups (broad SMARTS) is 1. The Morgan fingerprint density at radius 3 is 2.63 bits per heavy atom. The number of rotatable bonds is 12. The fourth-order valence-corrected chi connectivity index (χ4v) is 7.81. The summed E-state index contributed by atoms with van der Waals surface area (Å²) in [5, 5.41) is 49.6. The number of urea groups is 1. The number of carbonyl (C=O) groups excluding carboxylic acids is 5. The van der Waals surface area contributed by atoms with Crippen molar-refractivity contribution >= 4 is 70.7 Å². The van der Waals surface area contributed by atoms with Crippen LogP contribution in [0.3, 0.4) is 0 Å². The van der Waals surface area contributed by atoms with Crippen molar-refractivity contribution in [2.75, 3.05) is 37.7 Å². The van der Waals surface area contributed by atoms with E-state index in [0.717, 1.165) is 40.0 Å². The molecule has 2 saturated heterocycles. The van der Waals surface area contributed by atoms with Gasteiger partial charge < -0.3 is 31.0 Å². The summed E-state index contributed by atoms with van der Waals surface area (Å²) in [6, 6.07) is -2.71. The Hall–Kier alpha value is -4.23. The molecule has 21 nitrogen and oxygen atoms in total. The summed E-state index contributed by atoms with van der Waals surface area (Å²) >= 11 is 2.99.